The molecule has 2 aliphatic heterocycles. The van der Waals surface area contributed by atoms with Gasteiger partial charge in [0.25, 0.3) is 0 Å². The molecule has 0 spiro atoms. The third kappa shape index (κ3) is 2.17. The Bertz CT molecular complexity index is 423. The first-order valence-corrected chi connectivity index (χ1v) is 6.09. The van der Waals surface area contributed by atoms with E-state index in [4.69, 9.17) is 4.74 Å². The summed E-state index contributed by atoms with van der Waals surface area (Å²) in [4.78, 5) is 8.20. The molecule has 2 unspecified atom stereocenters. The molecular weight excluding hydrogens is 286 g/mol. The first-order chi connectivity index (χ1) is 7.12. The van der Waals surface area contributed by atoms with E-state index in [2.05, 4.69) is 30.6 Å². The van der Waals surface area contributed by atoms with Gasteiger partial charge in [0.2, 0.25) is 10.9 Å². The van der Waals surface area contributed by atoms with Crippen molar-refractivity contribution in [3.63, 3.8) is 0 Å². The summed E-state index contributed by atoms with van der Waals surface area (Å²) in [5.41, 5.74) is -1.17. The average Bonchev–Trinajstić information content (AvgIpc) is 2.17. The lowest BCUT2D eigenvalue weighted by Gasteiger charge is -2.36. The summed E-state index contributed by atoms with van der Waals surface area (Å²) < 4.78 is 29.7. The Balaban J connectivity index is 2.35. The molecule has 0 saturated carbocycles. The number of thiol groups is 1. The first kappa shape index (κ1) is 10.9. The number of halogens is 1. The van der Waals surface area contributed by atoms with Gasteiger partial charge in [0.05, 0.1) is 6.61 Å². The van der Waals surface area contributed by atoms with E-state index in [0.29, 0.717) is 4.62 Å². The third-order valence-electron chi connectivity index (χ3n) is 2.00. The van der Waals surface area contributed by atoms with Crippen LogP contribution >= 0.6 is 15.9 Å². The maximum absolute atomic E-state index is 10.7. The third-order valence-corrected chi connectivity index (χ3v) is 2.96. The van der Waals surface area contributed by atoms with Crippen molar-refractivity contribution in [2.45, 2.75) is 11.9 Å². The van der Waals surface area contributed by atoms with Crippen molar-refractivity contribution in [1.29, 1.82) is 0 Å². The van der Waals surface area contributed by atoms with E-state index in [1.807, 2.05) is 0 Å². The highest BCUT2D eigenvalue weighted by Crippen LogP contribution is 2.26. The molecule has 15 heavy (non-hydrogen) atoms. The second kappa shape index (κ2) is 4.12. The zero-order chi connectivity index (χ0) is 10.9. The minimum Gasteiger partial charge on any atom is -0.345 e. The smallest absolute Gasteiger partial charge is 0.204 e. The molecule has 0 aliphatic carbocycles. The van der Waals surface area contributed by atoms with Crippen LogP contribution in [0.2, 0.25) is 0 Å². The predicted molar refractivity (Wildman–Crippen MR) is 59.9 cm³/mol. The molecule has 1 N–H and O–H groups in total. The summed E-state index contributed by atoms with van der Waals surface area (Å²) in [6.45, 7) is 0.215. The van der Waals surface area contributed by atoms with Gasteiger partial charge < -0.3 is 4.74 Å². The van der Waals surface area contributed by atoms with E-state index in [1.54, 1.807) is 18.4 Å². The predicted octanol–water partition coefficient (Wildman–Crippen LogP) is -0.411. The molecule has 8 heteroatoms. The van der Waals surface area contributed by atoms with Crippen molar-refractivity contribution in [1.82, 2.24) is 4.72 Å². The molecule has 2 rings (SSSR count). The fourth-order valence-electron chi connectivity index (χ4n) is 1.38. The summed E-state index contributed by atoms with van der Waals surface area (Å²) in [7, 11) is -2.78. The summed E-state index contributed by atoms with van der Waals surface area (Å²) >= 11 is 3.19. The van der Waals surface area contributed by atoms with Crippen LogP contribution in [-0.2, 0) is 15.6 Å². The van der Waals surface area contributed by atoms with Gasteiger partial charge in [0.15, 0.2) is 11.9 Å². The van der Waals surface area contributed by atoms with Crippen LogP contribution in [0.15, 0.2) is 22.1 Å². The lowest BCUT2D eigenvalue weighted by Crippen LogP contribution is -2.56. The molecule has 0 aromatic carbocycles. The molecule has 2 aliphatic rings. The zero-order valence-electron chi connectivity index (χ0n) is 7.46. The molecule has 0 bridgehead atoms. The van der Waals surface area contributed by atoms with Crippen molar-refractivity contribution in [3.05, 3.63) is 12.2 Å². The number of hydrogen-bond acceptors (Lipinski definition) is 5. The molecule has 0 aromatic heterocycles. The van der Waals surface area contributed by atoms with Gasteiger partial charge in [0.1, 0.15) is 4.62 Å². The lowest BCUT2D eigenvalue weighted by molar-refractivity contribution is -0.0199. The van der Waals surface area contributed by atoms with E-state index in [1.165, 1.54) is 0 Å². The van der Waals surface area contributed by atoms with Gasteiger partial charge >= 0.3 is 0 Å². The minimum absolute atomic E-state index is 0.215. The zero-order valence-corrected chi connectivity index (χ0v) is 9.94. The molecule has 6 nitrogen and oxygen atoms in total. The number of hydrogen-bond donors (Lipinski definition) is 2. The van der Waals surface area contributed by atoms with E-state index < -0.39 is 22.8 Å². The van der Waals surface area contributed by atoms with Crippen molar-refractivity contribution < 1.29 is 13.2 Å². The molecule has 0 fully saturated rings. The van der Waals surface area contributed by atoms with E-state index in [9.17, 15) is 8.42 Å². The number of allylic oxidation sites excluding steroid dienone is 1. The Hall–Kier alpha value is -0.570. The molecule has 82 valence electrons. The number of ether oxygens (including phenoxy) is 1. The number of nitrogens with zero attached hydrogens (tertiary/aromatic N) is 2. The lowest BCUT2D eigenvalue weighted by atomic mass is 10.1. The molecule has 0 saturated heterocycles. The molecule has 0 aromatic rings. The second-order valence-electron chi connectivity index (χ2n) is 2.99. The molecule has 0 amide bonds. The molecule has 0 radical (unpaired) electrons. The second-order valence-corrected chi connectivity index (χ2v) is 4.64. The molecular formula is C7H8BrN3O3S. The van der Waals surface area contributed by atoms with E-state index >= 15 is 0 Å². The van der Waals surface area contributed by atoms with Crippen molar-refractivity contribution in [3.8, 4) is 0 Å². The van der Waals surface area contributed by atoms with Gasteiger partial charge in [-0.3, -0.25) is 4.99 Å². The van der Waals surface area contributed by atoms with Gasteiger partial charge in [-0.15, -0.1) is 0 Å². The summed E-state index contributed by atoms with van der Waals surface area (Å²) in [5, 5.41) is 0. The van der Waals surface area contributed by atoms with Gasteiger partial charge in [-0.2, -0.15) is 4.72 Å². The van der Waals surface area contributed by atoms with Crippen LogP contribution in [0.4, 0.5) is 0 Å². The van der Waals surface area contributed by atoms with Crippen LogP contribution in [0.5, 0.6) is 0 Å². The van der Waals surface area contributed by atoms with Crippen molar-refractivity contribution in [2.24, 2.45) is 9.98 Å². The molecule has 2 atom stereocenters. The summed E-state index contributed by atoms with van der Waals surface area (Å²) in [6.07, 6.45) is 4.16. The van der Waals surface area contributed by atoms with Crippen molar-refractivity contribution in [2.75, 3.05) is 6.61 Å². The van der Waals surface area contributed by atoms with Crippen LogP contribution in [0.25, 0.3) is 0 Å². The SMILES string of the molecule is O=[SH](=O)NC12C=CC=NC1N=C(Br)CO2. The summed E-state index contributed by atoms with van der Waals surface area (Å²) in [6, 6.07) is 0. The highest BCUT2D eigenvalue weighted by Gasteiger charge is 2.42. The van der Waals surface area contributed by atoms with Crippen LogP contribution < -0.4 is 4.72 Å². The van der Waals surface area contributed by atoms with Gasteiger partial charge in [-0.25, -0.2) is 13.4 Å². The number of dihydropyridines is 1. The van der Waals surface area contributed by atoms with Crippen LogP contribution in [0.1, 0.15) is 0 Å². The van der Waals surface area contributed by atoms with Crippen molar-refractivity contribution >= 4 is 37.7 Å². The number of rotatable bonds is 2. The highest BCUT2D eigenvalue weighted by molar-refractivity contribution is 9.18. The minimum atomic E-state index is -2.78. The normalized spacial score (nSPS) is 34.0. The monoisotopic (exact) mass is 293 g/mol. The quantitative estimate of drug-likeness (QED) is 0.679. The van der Waals surface area contributed by atoms with Crippen LogP contribution in [-0.4, -0.2) is 37.8 Å². The molecule has 2 heterocycles. The van der Waals surface area contributed by atoms with Gasteiger partial charge in [-0.1, -0.05) is 0 Å². The maximum atomic E-state index is 10.7. The Morgan fingerprint density at radius 3 is 3.20 bits per heavy atom. The fourth-order valence-corrected chi connectivity index (χ4v) is 2.23. The number of fused-ring (bicyclic) bond motifs is 1. The van der Waals surface area contributed by atoms with E-state index in [0.717, 1.165) is 0 Å². The number of nitrogens with one attached hydrogen (secondary N) is 1. The van der Waals surface area contributed by atoms with Crippen LogP contribution in [0, 0.1) is 0 Å². The first-order valence-electron chi connectivity index (χ1n) is 4.12. The Kier molecular flexibility index (Phi) is 3.01. The van der Waals surface area contributed by atoms with Gasteiger partial charge in [0, 0.05) is 6.21 Å². The standard InChI is InChI=1S/C7H8BrN3O3S/c8-5-4-14-7(11-15(12)13)2-1-3-9-6(7)10-5/h1-3,6,15H,4H2,(H,11,12,13). The maximum Gasteiger partial charge on any atom is 0.204 e. The van der Waals surface area contributed by atoms with E-state index in [-0.39, 0.29) is 6.61 Å². The van der Waals surface area contributed by atoms with Crippen LogP contribution in [0.3, 0.4) is 0 Å². The Morgan fingerprint density at radius 2 is 2.47 bits per heavy atom. The Labute approximate surface area is 96.3 Å². The average molecular weight is 294 g/mol. The number of aliphatic imine (C=N–C) groups is 2. The van der Waals surface area contributed by atoms with Gasteiger partial charge in [-0.05, 0) is 28.1 Å². The fraction of sp³-hybridized carbons (Fsp3) is 0.429. The summed E-state index contributed by atoms with van der Waals surface area (Å²) in [5.74, 6) is 0. The topological polar surface area (TPSA) is 80.1 Å². The highest BCUT2D eigenvalue weighted by atomic mass is 79.9. The largest absolute Gasteiger partial charge is 0.345 e. The Morgan fingerprint density at radius 1 is 1.67 bits per heavy atom.